The van der Waals surface area contributed by atoms with Crippen molar-refractivity contribution in [2.75, 3.05) is 0 Å². The van der Waals surface area contributed by atoms with Crippen molar-refractivity contribution in [3.05, 3.63) is 157 Å². The van der Waals surface area contributed by atoms with E-state index in [9.17, 15) is 15.1 Å². The van der Waals surface area contributed by atoms with Gasteiger partial charge in [0.1, 0.15) is 0 Å². The topological polar surface area (TPSA) is 0 Å². The average Bonchev–Trinajstić information content (AvgIpc) is 3.32. The summed E-state index contributed by atoms with van der Waals surface area (Å²) in [6.45, 7) is 0. The maximum Gasteiger partial charge on any atom is 0.0636 e. The van der Waals surface area contributed by atoms with Crippen molar-refractivity contribution in [3.8, 4) is 44.5 Å². The predicted octanol–water partition coefficient (Wildman–Crippen LogP) is 12.9. The minimum absolute atomic E-state index is 0.0160. The number of hydrogen-bond acceptors (Lipinski definition) is 1. The van der Waals surface area contributed by atoms with Crippen LogP contribution in [0, 0.1) is 0 Å². The SMILES string of the molecule is [2H]c1cc2c([2H])c([2H])c([2H])c3c2c(c1[2H])-c1c([2H])c(-c2c([2H])c([2H])c([2H])c(-c4c([2H])c([2H])c5c([2H])c([2H])c6c(-c7c([2H])c([2H])c([2H])c([2H])c7[2H])c([2H])c([2H])c7c([2H])c([2H])c4c5c76)c2[2H])c([2H])c([2H])c1S3. The number of fused-ring (bicyclic) bond motifs is 2. The molecule has 1 aliphatic heterocycles. The summed E-state index contributed by atoms with van der Waals surface area (Å²) in [7, 11) is 0. The second kappa shape index (κ2) is 9.56. The zero-order valence-corrected chi connectivity index (χ0v) is 23.3. The van der Waals surface area contributed by atoms with E-state index in [4.69, 9.17) is 19.2 Å². The van der Waals surface area contributed by atoms with Crippen LogP contribution in [0.2, 0.25) is 0 Å². The second-order valence-corrected chi connectivity index (χ2v) is 11.1. The second-order valence-electron chi connectivity index (χ2n) is 10.1. The van der Waals surface area contributed by atoms with E-state index in [-0.39, 0.29) is 42.5 Å². The number of hydrogen-bond donors (Lipinski definition) is 0. The molecule has 0 aromatic heterocycles. The van der Waals surface area contributed by atoms with Gasteiger partial charge < -0.3 is 0 Å². The van der Waals surface area contributed by atoms with Gasteiger partial charge in [-0.15, -0.1) is 0 Å². The molecule has 0 saturated carbocycles. The Labute approximate surface area is 301 Å². The summed E-state index contributed by atoms with van der Waals surface area (Å²) in [4.78, 5) is -0.135. The molecule has 0 atom stereocenters. The van der Waals surface area contributed by atoms with E-state index < -0.39 is 206 Å². The van der Waals surface area contributed by atoms with Gasteiger partial charge in [0.25, 0.3) is 0 Å². The highest BCUT2D eigenvalue weighted by Crippen LogP contribution is 2.49. The Hall–Kier alpha value is -5.37. The number of rotatable bonds is 3. The molecule has 0 fully saturated rings. The van der Waals surface area contributed by atoms with Crippen LogP contribution in [0.3, 0.4) is 0 Å². The van der Waals surface area contributed by atoms with Gasteiger partial charge in [-0.2, -0.15) is 0 Å². The van der Waals surface area contributed by atoms with E-state index in [0.29, 0.717) is 0 Å². The van der Waals surface area contributed by atoms with Crippen molar-refractivity contribution in [1.29, 1.82) is 0 Å². The van der Waals surface area contributed by atoms with Crippen LogP contribution in [-0.2, 0) is 0 Å². The van der Waals surface area contributed by atoms with Gasteiger partial charge in [-0.05, 0) is 106 Å². The van der Waals surface area contributed by atoms with Crippen LogP contribution in [-0.4, -0.2) is 0 Å². The van der Waals surface area contributed by atoms with Crippen LogP contribution in [0.4, 0.5) is 0 Å². The molecule has 10 rings (SSSR count). The highest BCUT2D eigenvalue weighted by atomic mass is 32.2. The summed E-state index contributed by atoms with van der Waals surface area (Å²) >= 11 is 0.721. The van der Waals surface area contributed by atoms with Crippen molar-refractivity contribution in [2.45, 2.75) is 9.79 Å². The quantitative estimate of drug-likeness (QED) is 0.179. The van der Waals surface area contributed by atoms with Gasteiger partial charge in [0.15, 0.2) is 0 Å². The van der Waals surface area contributed by atoms with Gasteiger partial charge >= 0.3 is 0 Å². The molecular weight excluding hydrogens is 561 g/mol. The fraction of sp³-hybridized carbons (Fsp3) is 0. The van der Waals surface area contributed by atoms with Gasteiger partial charge in [0, 0.05) is 15.2 Å². The minimum Gasteiger partial charge on any atom is -0.0888 e. The molecule has 0 spiro atoms. The summed E-state index contributed by atoms with van der Waals surface area (Å²) in [6.07, 6.45) is 0. The van der Waals surface area contributed by atoms with E-state index >= 15 is 0 Å². The third-order valence-electron chi connectivity index (χ3n) is 7.64. The molecule has 1 aliphatic rings. The van der Waals surface area contributed by atoms with E-state index in [0.717, 1.165) is 17.8 Å². The largest absolute Gasteiger partial charge is 0.0888 e. The molecule has 208 valence electrons. The minimum atomic E-state index is -0.971. The third-order valence-corrected chi connectivity index (χ3v) is 8.66. The molecule has 0 N–H and O–H groups in total. The van der Waals surface area contributed by atoms with E-state index in [1.54, 1.807) is 0 Å². The molecule has 9 aromatic carbocycles. The molecule has 45 heavy (non-hydrogen) atoms. The lowest BCUT2D eigenvalue weighted by Gasteiger charge is -2.21. The first-order chi connectivity index (χ1) is 32.7. The van der Waals surface area contributed by atoms with Gasteiger partial charge in [-0.3, -0.25) is 0 Å². The maximum atomic E-state index is 9.75. The Morgan fingerprint density at radius 2 is 1.02 bits per heavy atom. The van der Waals surface area contributed by atoms with Crippen LogP contribution in [0.5, 0.6) is 0 Å². The van der Waals surface area contributed by atoms with Crippen molar-refractivity contribution >= 4 is 54.9 Å². The lowest BCUT2D eigenvalue weighted by molar-refractivity contribution is 1.39. The Kier molecular flexibility index (Phi) is 2.32. The Bertz CT molecular complexity index is 4000. The molecular formula is C44H26S. The molecule has 0 nitrogen and oxygen atoms in total. The van der Waals surface area contributed by atoms with Gasteiger partial charge in [-0.1, -0.05) is 145 Å². The maximum absolute atomic E-state index is 9.75. The van der Waals surface area contributed by atoms with E-state index in [2.05, 4.69) is 0 Å². The molecule has 1 heterocycles. The molecule has 1 heteroatoms. The summed E-state index contributed by atoms with van der Waals surface area (Å²) < 4.78 is 225. The first-order valence-electron chi connectivity index (χ1n) is 26.0. The first-order valence-corrected chi connectivity index (χ1v) is 14.3. The van der Waals surface area contributed by atoms with Crippen LogP contribution >= 0.6 is 11.8 Å². The fourth-order valence-electron chi connectivity index (χ4n) is 5.67. The van der Waals surface area contributed by atoms with Gasteiger partial charge in [-0.25, -0.2) is 0 Å². The molecule has 0 radical (unpaired) electrons. The molecule has 0 saturated heterocycles. The van der Waals surface area contributed by atoms with E-state index in [1.165, 1.54) is 0 Å². The molecule has 0 aliphatic carbocycles. The predicted molar refractivity (Wildman–Crippen MR) is 194 cm³/mol. The van der Waals surface area contributed by atoms with Crippen LogP contribution in [0.25, 0.3) is 87.6 Å². The number of benzene rings is 9. The van der Waals surface area contributed by atoms with Crippen LogP contribution < -0.4 is 0 Å². The normalized spacial score (nSPS) is 20.1. The standard InChI is InChI=1S/C44H26S/c1-2-7-27(8-3-1)34-20-15-29-18-23-38-35(21-16-30-17-22-37(34)43(29)44(30)38)33-12-4-11-31(25-33)32-19-24-40-39(26-32)36-13-5-9-28-10-6-14-41(45-40)42(28)36/h1-26H/i1D,2D,3D,4D,5D,6D,7D,8D,10D,11D,12D,13D,14D,15D,16D,17D,18D,19D,20D,21D,22D,23D,24D,25D,26D. The van der Waals surface area contributed by atoms with Crippen molar-refractivity contribution in [3.63, 3.8) is 0 Å². The summed E-state index contributed by atoms with van der Waals surface area (Å²) in [5, 5.41) is -2.74. The van der Waals surface area contributed by atoms with Crippen molar-refractivity contribution in [2.24, 2.45) is 0 Å². The van der Waals surface area contributed by atoms with Crippen LogP contribution in [0.15, 0.2) is 167 Å². The summed E-state index contributed by atoms with van der Waals surface area (Å²) in [6, 6.07) is -18.0. The van der Waals surface area contributed by atoms with Crippen molar-refractivity contribution < 1.29 is 34.3 Å². The Morgan fingerprint density at radius 1 is 0.356 bits per heavy atom. The van der Waals surface area contributed by atoms with Gasteiger partial charge in [0.2, 0.25) is 0 Å². The Balaban J connectivity index is 1.38. The lowest BCUT2D eigenvalue weighted by atomic mass is 9.87. The first kappa shape index (κ1) is 10.9. The summed E-state index contributed by atoms with van der Waals surface area (Å²) in [5.41, 5.74) is -4.50. The van der Waals surface area contributed by atoms with E-state index in [1.807, 2.05) is 0 Å². The highest BCUT2D eigenvalue weighted by Gasteiger charge is 2.20. The van der Waals surface area contributed by atoms with Gasteiger partial charge in [0.05, 0.1) is 34.3 Å². The molecule has 0 unspecified atom stereocenters. The average molecular weight is 612 g/mol. The zero-order valence-electron chi connectivity index (χ0n) is 47.5. The van der Waals surface area contributed by atoms with Crippen LogP contribution in [0.1, 0.15) is 34.3 Å². The van der Waals surface area contributed by atoms with Crippen molar-refractivity contribution in [1.82, 2.24) is 0 Å². The highest BCUT2D eigenvalue weighted by molar-refractivity contribution is 7.99. The molecule has 0 bridgehead atoms. The smallest absolute Gasteiger partial charge is 0.0636 e. The monoisotopic (exact) mass is 611 g/mol. The Morgan fingerprint density at radius 3 is 1.82 bits per heavy atom. The summed E-state index contributed by atoms with van der Waals surface area (Å²) in [5.74, 6) is 0. The third kappa shape index (κ3) is 3.75. The zero-order chi connectivity index (χ0) is 51.2. The lowest BCUT2D eigenvalue weighted by Crippen LogP contribution is -1.93. The molecule has 9 aromatic rings. The molecule has 0 amide bonds. The fourth-order valence-corrected chi connectivity index (χ4v) is 6.65.